The molecule has 2 aliphatic carbocycles. The minimum atomic E-state index is -2.16. The number of halogens is 3. The average molecular weight is 601 g/mol. The number of anilines is 1. The molecule has 0 radical (unpaired) electrons. The normalized spacial score (nSPS) is 32.6. The van der Waals surface area contributed by atoms with Crippen LogP contribution in [0.1, 0.15) is 37.7 Å². The number of nitrogens with zero attached hydrogens (tertiary/aromatic N) is 2. The summed E-state index contributed by atoms with van der Waals surface area (Å²) in [7, 11) is 1.40. The average Bonchev–Trinajstić information content (AvgIpc) is 3.28. The number of hydrogen-bond acceptors (Lipinski definition) is 6. The molecule has 2 aromatic rings. The molecule has 8 nitrogen and oxygen atoms in total. The molecule has 6 rings (SSSR count). The summed E-state index contributed by atoms with van der Waals surface area (Å²) in [6.45, 7) is 2.14. The van der Waals surface area contributed by atoms with Crippen LogP contribution in [0.25, 0.3) is 0 Å². The third-order valence-electron chi connectivity index (χ3n) is 8.99. The Hall–Kier alpha value is -3.43. The van der Waals surface area contributed by atoms with Gasteiger partial charge in [0.25, 0.3) is 11.8 Å². The molecule has 1 saturated carbocycles. The van der Waals surface area contributed by atoms with Crippen LogP contribution in [0.15, 0.2) is 54.1 Å². The van der Waals surface area contributed by atoms with Crippen molar-refractivity contribution in [3.05, 3.63) is 65.5 Å². The van der Waals surface area contributed by atoms with Crippen LogP contribution in [0.5, 0.6) is 11.5 Å². The lowest BCUT2D eigenvalue weighted by atomic mass is 9.56. The maximum Gasteiger partial charge on any atom is 0.258 e. The molecule has 2 heterocycles. The highest BCUT2D eigenvalue weighted by Gasteiger charge is 2.77. The van der Waals surface area contributed by atoms with Gasteiger partial charge in [-0.25, -0.2) is 9.29 Å². The van der Waals surface area contributed by atoms with Crippen molar-refractivity contribution in [2.45, 2.75) is 41.9 Å². The van der Waals surface area contributed by atoms with Crippen molar-refractivity contribution in [2.24, 2.45) is 17.8 Å². The zero-order chi connectivity index (χ0) is 29.4. The summed E-state index contributed by atoms with van der Waals surface area (Å²) in [4.78, 5) is 53.3. The summed E-state index contributed by atoms with van der Waals surface area (Å²) in [6, 6.07) is 9.35. The van der Waals surface area contributed by atoms with E-state index in [1.54, 1.807) is 18.2 Å². The minimum Gasteiger partial charge on any atom is -0.508 e. The van der Waals surface area contributed by atoms with E-state index < -0.39 is 51.1 Å². The number of likely N-dealkylation sites (tertiary alicyclic amines) is 1. The van der Waals surface area contributed by atoms with Gasteiger partial charge in [-0.15, -0.1) is 23.2 Å². The second-order valence-corrected chi connectivity index (χ2v) is 12.2. The molecule has 2 aromatic carbocycles. The standard InChI is InChI=1S/C30H27Cl2FN2O6/c1-3-13-34-25(37)18-12-11-17-19(22(18)26(34)38)14-29(31)27(39)35(16-9-7-15(33)8-10-16)28(40)30(29,32)24(17)23-20(36)5-4-6-21(23)41-2/h4-11,18-19,22,24,36H,3,12-14H2,1-2H3/t18-,19+,22-,24+,29+,30-/m0/s1. The fraction of sp³-hybridized carbons (Fsp3) is 0.400. The van der Waals surface area contributed by atoms with E-state index in [1.165, 1.54) is 30.2 Å². The predicted molar refractivity (Wildman–Crippen MR) is 148 cm³/mol. The van der Waals surface area contributed by atoms with Gasteiger partial charge >= 0.3 is 0 Å². The van der Waals surface area contributed by atoms with Gasteiger partial charge in [0.2, 0.25) is 11.8 Å². The first kappa shape index (κ1) is 27.7. The third-order valence-corrected chi connectivity index (χ3v) is 10.4. The summed E-state index contributed by atoms with van der Waals surface area (Å²) < 4.78 is 19.3. The Kier molecular flexibility index (Phi) is 6.46. The highest BCUT2D eigenvalue weighted by Crippen LogP contribution is 2.67. The SMILES string of the molecule is CCCN1C(=O)[C@H]2[C@H](CC=C3[C@H]2C[C@@]2(Cl)C(=O)N(c4ccc(F)cc4)C(=O)[C@@]2(Cl)[C@H]3c2c(O)cccc2OC)C1=O. The number of phenolic OH excluding ortho intramolecular Hbond substituents is 1. The molecule has 214 valence electrons. The van der Waals surface area contributed by atoms with Gasteiger partial charge in [-0.3, -0.25) is 24.1 Å². The number of carbonyl (C=O) groups excluding carboxylic acids is 4. The molecular formula is C30H27Cl2FN2O6. The summed E-state index contributed by atoms with van der Waals surface area (Å²) >= 11 is 14.6. The number of imide groups is 2. The van der Waals surface area contributed by atoms with E-state index in [1.807, 2.05) is 6.92 Å². The van der Waals surface area contributed by atoms with Crippen LogP contribution in [-0.4, -0.2) is 57.0 Å². The van der Waals surface area contributed by atoms with Crippen molar-refractivity contribution in [1.82, 2.24) is 4.90 Å². The van der Waals surface area contributed by atoms with Crippen LogP contribution in [0, 0.1) is 23.6 Å². The van der Waals surface area contributed by atoms with Gasteiger partial charge in [0.05, 0.1) is 24.6 Å². The number of rotatable bonds is 5. The summed E-state index contributed by atoms with van der Waals surface area (Å²) in [6.07, 6.45) is 2.41. The number of methoxy groups -OCH3 is 1. The van der Waals surface area contributed by atoms with Gasteiger partial charge in [0, 0.05) is 18.0 Å². The minimum absolute atomic E-state index is 0.0786. The molecule has 11 heteroatoms. The Bertz CT molecular complexity index is 1530. The smallest absolute Gasteiger partial charge is 0.258 e. The maximum absolute atomic E-state index is 14.3. The van der Waals surface area contributed by atoms with E-state index in [2.05, 4.69) is 0 Å². The molecular weight excluding hydrogens is 574 g/mol. The molecule has 3 fully saturated rings. The zero-order valence-corrected chi connectivity index (χ0v) is 23.8. The molecule has 4 amide bonds. The molecule has 0 spiro atoms. The van der Waals surface area contributed by atoms with Crippen molar-refractivity contribution in [2.75, 3.05) is 18.6 Å². The highest BCUT2D eigenvalue weighted by molar-refractivity contribution is 6.58. The first-order valence-electron chi connectivity index (χ1n) is 13.4. The third kappa shape index (κ3) is 3.57. The van der Waals surface area contributed by atoms with Gasteiger partial charge in [-0.05, 0) is 61.6 Å². The van der Waals surface area contributed by atoms with Crippen LogP contribution in [-0.2, 0) is 19.2 Å². The number of aromatic hydroxyl groups is 1. The van der Waals surface area contributed by atoms with E-state index in [-0.39, 0.29) is 54.0 Å². The van der Waals surface area contributed by atoms with Crippen molar-refractivity contribution >= 4 is 52.5 Å². The first-order chi connectivity index (χ1) is 19.5. The molecule has 4 aliphatic rings. The summed E-state index contributed by atoms with van der Waals surface area (Å²) in [5.74, 6) is -6.26. The number of carbonyl (C=O) groups is 4. The molecule has 1 N–H and O–H groups in total. The molecule has 6 atom stereocenters. The van der Waals surface area contributed by atoms with Gasteiger partial charge in [-0.2, -0.15) is 0 Å². The van der Waals surface area contributed by atoms with Crippen LogP contribution >= 0.6 is 23.2 Å². The first-order valence-corrected chi connectivity index (χ1v) is 14.2. The second kappa shape index (κ2) is 9.56. The molecule has 0 aromatic heterocycles. The highest BCUT2D eigenvalue weighted by atomic mass is 35.5. The van der Waals surface area contributed by atoms with Crippen molar-refractivity contribution in [3.8, 4) is 11.5 Å². The number of alkyl halides is 2. The summed E-state index contributed by atoms with van der Waals surface area (Å²) in [5.41, 5.74) is 0.766. The van der Waals surface area contributed by atoms with Gasteiger partial charge in [-0.1, -0.05) is 24.6 Å². The zero-order valence-electron chi connectivity index (χ0n) is 22.3. The number of allylic oxidation sites excluding steroid dienone is 2. The van der Waals surface area contributed by atoms with Gasteiger partial charge in [0.15, 0.2) is 9.75 Å². The Labute approximate surface area is 245 Å². The van der Waals surface area contributed by atoms with Crippen molar-refractivity contribution in [1.29, 1.82) is 0 Å². The number of ether oxygens (including phenoxy) is 1. The lowest BCUT2D eigenvalue weighted by Gasteiger charge is -2.50. The number of phenols is 1. The van der Waals surface area contributed by atoms with E-state index in [9.17, 15) is 28.7 Å². The molecule has 2 saturated heterocycles. The second-order valence-electron chi connectivity index (χ2n) is 11.0. The Morgan fingerprint density at radius 3 is 2.39 bits per heavy atom. The Morgan fingerprint density at radius 1 is 1.02 bits per heavy atom. The molecule has 0 bridgehead atoms. The number of fused-ring (bicyclic) bond motifs is 4. The monoisotopic (exact) mass is 600 g/mol. The van der Waals surface area contributed by atoms with Crippen LogP contribution in [0.3, 0.4) is 0 Å². The number of hydrogen-bond donors (Lipinski definition) is 1. The van der Waals surface area contributed by atoms with Crippen molar-refractivity contribution < 1.29 is 33.4 Å². The van der Waals surface area contributed by atoms with Crippen LogP contribution in [0.4, 0.5) is 10.1 Å². The van der Waals surface area contributed by atoms with Gasteiger partial charge < -0.3 is 9.84 Å². The lowest BCUT2D eigenvalue weighted by Crippen LogP contribution is -2.60. The largest absolute Gasteiger partial charge is 0.508 e. The van der Waals surface area contributed by atoms with Crippen LogP contribution < -0.4 is 9.64 Å². The van der Waals surface area contributed by atoms with Gasteiger partial charge in [0.1, 0.15) is 17.3 Å². The predicted octanol–water partition coefficient (Wildman–Crippen LogP) is 4.51. The van der Waals surface area contributed by atoms with Crippen LogP contribution in [0.2, 0.25) is 0 Å². The van der Waals surface area contributed by atoms with E-state index >= 15 is 0 Å². The Balaban J connectivity index is 1.59. The quantitative estimate of drug-likeness (QED) is 0.307. The fourth-order valence-corrected chi connectivity index (χ4v) is 8.14. The number of benzene rings is 2. The lowest BCUT2D eigenvalue weighted by molar-refractivity contribution is -0.140. The van der Waals surface area contributed by atoms with Crippen molar-refractivity contribution in [3.63, 3.8) is 0 Å². The van der Waals surface area contributed by atoms with E-state index in [4.69, 9.17) is 27.9 Å². The maximum atomic E-state index is 14.3. The fourth-order valence-electron chi connectivity index (χ4n) is 7.23. The summed E-state index contributed by atoms with van der Waals surface area (Å²) in [5, 5.41) is 11.2. The van der Waals surface area contributed by atoms with E-state index in [0.717, 1.165) is 17.0 Å². The molecule has 2 aliphatic heterocycles. The van der Waals surface area contributed by atoms with E-state index in [0.29, 0.717) is 12.0 Å². The number of amides is 4. The molecule has 41 heavy (non-hydrogen) atoms. The Morgan fingerprint density at radius 2 is 1.73 bits per heavy atom. The topological polar surface area (TPSA) is 104 Å². The molecule has 0 unspecified atom stereocenters.